The number of fused-ring (bicyclic) bond motifs is 3. The molecule has 2 aromatic rings. The van der Waals surface area contributed by atoms with Gasteiger partial charge in [0.1, 0.15) is 6.26 Å². The maximum Gasteiger partial charge on any atom is 0.400 e. The molecule has 0 aliphatic carbocycles. The van der Waals surface area contributed by atoms with E-state index in [0.717, 1.165) is 18.8 Å². The highest BCUT2D eigenvalue weighted by Gasteiger charge is 2.40. The number of hydrogen-bond acceptors (Lipinski definition) is 6. The summed E-state index contributed by atoms with van der Waals surface area (Å²) in [6.45, 7) is 6.36. The minimum absolute atomic E-state index is 0.0240. The summed E-state index contributed by atoms with van der Waals surface area (Å²) in [5.74, 6) is 0.573. The number of amides is 1. The van der Waals surface area contributed by atoms with Crippen LogP contribution in [0.2, 0.25) is 0 Å². The molecule has 3 saturated heterocycles. The standard InChI is InChI=1S/C17H21N3O3S/c1-10-9-22-17(18-10)23-14-4-3-13(24-14)16(21)19-15-11(2)20-7-5-12(15)6-8-20/h3-4,9,11-12,15H,5-8H2,1-2H3,(H,19,21)/t11-,15+/m1/s1. The normalized spacial score (nSPS) is 28.8. The fourth-order valence-corrected chi connectivity index (χ4v) is 4.48. The van der Waals surface area contributed by atoms with Crippen molar-refractivity contribution in [3.8, 4) is 11.1 Å². The molecular weight excluding hydrogens is 326 g/mol. The molecule has 3 fully saturated rings. The second kappa shape index (κ2) is 6.22. The van der Waals surface area contributed by atoms with E-state index in [1.165, 1.54) is 30.4 Å². The van der Waals surface area contributed by atoms with E-state index in [9.17, 15) is 4.79 Å². The number of nitrogens with one attached hydrogen (secondary N) is 1. The monoisotopic (exact) mass is 347 g/mol. The third kappa shape index (κ3) is 2.93. The van der Waals surface area contributed by atoms with Crippen LogP contribution in [0.1, 0.15) is 35.1 Å². The van der Waals surface area contributed by atoms with Crippen molar-refractivity contribution in [1.82, 2.24) is 15.2 Å². The van der Waals surface area contributed by atoms with Gasteiger partial charge in [-0.05, 0) is 57.8 Å². The molecule has 24 heavy (non-hydrogen) atoms. The van der Waals surface area contributed by atoms with Crippen molar-refractivity contribution in [3.05, 3.63) is 29.0 Å². The minimum atomic E-state index is -0.0240. The first-order valence-corrected chi connectivity index (χ1v) is 9.16. The van der Waals surface area contributed by atoms with Crippen molar-refractivity contribution in [1.29, 1.82) is 0 Å². The second-order valence-electron chi connectivity index (χ2n) is 6.59. The first-order valence-electron chi connectivity index (χ1n) is 8.35. The number of hydrogen-bond donors (Lipinski definition) is 1. The van der Waals surface area contributed by atoms with E-state index in [0.29, 0.717) is 21.9 Å². The van der Waals surface area contributed by atoms with Gasteiger partial charge in [-0.15, -0.1) is 0 Å². The van der Waals surface area contributed by atoms with Crippen LogP contribution in [-0.2, 0) is 0 Å². The Labute approximate surface area is 144 Å². The van der Waals surface area contributed by atoms with Crippen LogP contribution in [0, 0.1) is 12.8 Å². The molecule has 1 amide bonds. The fraction of sp³-hybridized carbons (Fsp3) is 0.529. The van der Waals surface area contributed by atoms with Crippen molar-refractivity contribution in [2.75, 3.05) is 13.1 Å². The zero-order valence-electron chi connectivity index (χ0n) is 13.8. The quantitative estimate of drug-likeness (QED) is 0.921. The molecule has 0 unspecified atom stereocenters. The number of oxazole rings is 1. The third-order valence-corrected chi connectivity index (χ3v) is 6.03. The van der Waals surface area contributed by atoms with Crippen LogP contribution in [0.5, 0.6) is 11.1 Å². The van der Waals surface area contributed by atoms with Crippen molar-refractivity contribution in [2.24, 2.45) is 5.92 Å². The van der Waals surface area contributed by atoms with Gasteiger partial charge in [-0.3, -0.25) is 9.69 Å². The average molecular weight is 347 g/mol. The summed E-state index contributed by atoms with van der Waals surface area (Å²) in [6, 6.07) is 4.21. The van der Waals surface area contributed by atoms with Crippen LogP contribution in [0.15, 0.2) is 22.8 Å². The molecule has 5 heterocycles. The number of piperidine rings is 3. The second-order valence-corrected chi connectivity index (χ2v) is 7.64. The molecule has 7 heteroatoms. The van der Waals surface area contributed by atoms with Gasteiger partial charge in [-0.1, -0.05) is 11.3 Å². The number of aryl methyl sites for hydroxylation is 1. The van der Waals surface area contributed by atoms with Crippen LogP contribution < -0.4 is 10.1 Å². The minimum Gasteiger partial charge on any atom is -0.417 e. The number of carbonyl (C=O) groups is 1. The van der Waals surface area contributed by atoms with E-state index in [-0.39, 0.29) is 18.0 Å². The van der Waals surface area contributed by atoms with Crippen molar-refractivity contribution >= 4 is 17.2 Å². The summed E-state index contributed by atoms with van der Waals surface area (Å²) in [5.41, 5.74) is 0.760. The Balaban J connectivity index is 1.41. The maximum absolute atomic E-state index is 12.6. The zero-order valence-corrected chi connectivity index (χ0v) is 14.6. The van der Waals surface area contributed by atoms with E-state index in [4.69, 9.17) is 9.15 Å². The summed E-state index contributed by atoms with van der Waals surface area (Å²) in [6.07, 6.45) is 4.09. The predicted octanol–water partition coefficient (Wildman–Crippen LogP) is 3.05. The Kier molecular flexibility index (Phi) is 4.05. The molecule has 128 valence electrons. The van der Waals surface area contributed by atoms with E-state index in [1.54, 1.807) is 12.1 Å². The number of aromatic nitrogens is 1. The zero-order chi connectivity index (χ0) is 16.7. The van der Waals surface area contributed by atoms with Crippen molar-refractivity contribution in [3.63, 3.8) is 0 Å². The van der Waals surface area contributed by atoms with Gasteiger partial charge in [-0.2, -0.15) is 4.98 Å². The molecule has 0 radical (unpaired) electrons. The number of ether oxygens (including phenoxy) is 1. The Morgan fingerprint density at radius 3 is 2.88 bits per heavy atom. The van der Waals surface area contributed by atoms with E-state index >= 15 is 0 Å². The van der Waals surface area contributed by atoms with Gasteiger partial charge in [0.2, 0.25) is 0 Å². The summed E-state index contributed by atoms with van der Waals surface area (Å²) in [7, 11) is 0. The predicted molar refractivity (Wildman–Crippen MR) is 90.6 cm³/mol. The molecule has 6 nitrogen and oxygen atoms in total. The SMILES string of the molecule is Cc1coc(Oc2ccc(C(=O)N[C@@H]3C4CCN(CC4)[C@@H]3C)s2)n1. The summed E-state index contributed by atoms with van der Waals surface area (Å²) < 4.78 is 10.7. The van der Waals surface area contributed by atoms with Gasteiger partial charge in [0.15, 0.2) is 5.06 Å². The topological polar surface area (TPSA) is 67.6 Å². The Morgan fingerprint density at radius 1 is 1.42 bits per heavy atom. The Bertz CT molecular complexity index is 731. The number of nitrogens with zero attached hydrogens (tertiary/aromatic N) is 2. The molecule has 1 N–H and O–H groups in total. The van der Waals surface area contributed by atoms with Crippen LogP contribution in [0.4, 0.5) is 0 Å². The molecule has 0 spiro atoms. The van der Waals surface area contributed by atoms with Crippen LogP contribution in [-0.4, -0.2) is 41.0 Å². The first kappa shape index (κ1) is 15.7. The number of thiophene rings is 1. The molecule has 0 aromatic carbocycles. The Hall–Kier alpha value is -1.86. The lowest BCUT2D eigenvalue weighted by Gasteiger charge is -2.49. The van der Waals surface area contributed by atoms with Gasteiger partial charge in [0, 0.05) is 12.1 Å². The lowest BCUT2D eigenvalue weighted by atomic mass is 9.79. The van der Waals surface area contributed by atoms with Crippen molar-refractivity contribution in [2.45, 2.75) is 38.8 Å². The molecule has 5 rings (SSSR count). The summed E-state index contributed by atoms with van der Waals surface area (Å²) in [4.78, 5) is 19.8. The van der Waals surface area contributed by atoms with Gasteiger partial charge in [-0.25, -0.2) is 0 Å². The molecule has 0 saturated carbocycles. The highest BCUT2D eigenvalue weighted by atomic mass is 32.1. The molecule has 2 aromatic heterocycles. The van der Waals surface area contributed by atoms with Crippen molar-refractivity contribution < 1.29 is 13.9 Å². The van der Waals surface area contributed by atoms with Crippen LogP contribution >= 0.6 is 11.3 Å². The average Bonchev–Trinajstić information content (AvgIpc) is 3.21. The maximum atomic E-state index is 12.6. The first-order chi connectivity index (χ1) is 11.6. The summed E-state index contributed by atoms with van der Waals surface area (Å²) >= 11 is 1.31. The van der Waals surface area contributed by atoms with Crippen LogP contribution in [0.3, 0.4) is 0 Å². The summed E-state index contributed by atoms with van der Waals surface area (Å²) in [5, 5.41) is 3.83. The third-order valence-electron chi connectivity index (χ3n) is 5.07. The van der Waals surface area contributed by atoms with E-state index < -0.39 is 0 Å². The highest BCUT2D eigenvalue weighted by molar-refractivity contribution is 7.15. The largest absolute Gasteiger partial charge is 0.417 e. The number of carbonyl (C=O) groups excluding carboxylic acids is 1. The smallest absolute Gasteiger partial charge is 0.400 e. The van der Waals surface area contributed by atoms with Gasteiger partial charge in [0.25, 0.3) is 5.91 Å². The Morgan fingerprint density at radius 2 is 2.21 bits per heavy atom. The molecule has 3 aliphatic heterocycles. The van der Waals surface area contributed by atoms with Gasteiger partial charge < -0.3 is 14.5 Å². The lowest BCUT2D eigenvalue weighted by molar-refractivity contribution is 0.0218. The molecule has 2 bridgehead atoms. The van der Waals surface area contributed by atoms with Gasteiger partial charge >= 0.3 is 6.08 Å². The molecule has 2 atom stereocenters. The number of rotatable bonds is 4. The fourth-order valence-electron chi connectivity index (χ4n) is 3.73. The lowest BCUT2D eigenvalue weighted by Crippen LogP contribution is -2.62. The molecular formula is C17H21N3O3S. The van der Waals surface area contributed by atoms with Gasteiger partial charge in [0.05, 0.1) is 10.6 Å². The van der Waals surface area contributed by atoms with E-state index in [2.05, 4.69) is 22.1 Å². The highest BCUT2D eigenvalue weighted by Crippen LogP contribution is 2.33. The molecule has 3 aliphatic rings. The van der Waals surface area contributed by atoms with Crippen LogP contribution in [0.25, 0.3) is 0 Å². The van der Waals surface area contributed by atoms with E-state index in [1.807, 2.05) is 6.92 Å².